The van der Waals surface area contributed by atoms with Gasteiger partial charge in [-0.15, -0.1) is 0 Å². The lowest BCUT2D eigenvalue weighted by molar-refractivity contribution is -0.142. The van der Waals surface area contributed by atoms with Crippen LogP contribution in [0.4, 0.5) is 0 Å². The Hall–Kier alpha value is -0.710. The van der Waals surface area contributed by atoms with Crippen molar-refractivity contribution in [3.63, 3.8) is 0 Å². The molecule has 0 aliphatic rings. The number of esters is 1. The molecule has 0 radical (unpaired) electrons. The molecule has 0 heterocycles. The average molecular weight is 191 g/mol. The van der Waals surface area contributed by atoms with Crippen LogP contribution in [0.25, 0.3) is 0 Å². The molecule has 0 aromatic heterocycles. The van der Waals surface area contributed by atoms with Gasteiger partial charge in [-0.05, 0) is 0 Å². The molecule has 0 unspecified atom stereocenters. The van der Waals surface area contributed by atoms with Gasteiger partial charge in [0.25, 0.3) is 0 Å². The van der Waals surface area contributed by atoms with E-state index in [0.717, 1.165) is 0 Å². The van der Waals surface area contributed by atoms with Crippen LogP contribution in [-0.4, -0.2) is 31.3 Å². The van der Waals surface area contributed by atoms with E-state index in [1.807, 2.05) is 0 Å². The van der Waals surface area contributed by atoms with E-state index in [0.29, 0.717) is 12.3 Å². The lowest BCUT2D eigenvalue weighted by Crippen LogP contribution is -2.25. The van der Waals surface area contributed by atoms with E-state index in [1.165, 1.54) is 7.11 Å². The normalized spacial score (nSPS) is 9.17. The Kier molecular flexibility index (Phi) is 6.55. The smallest absolute Gasteiger partial charge is 0.306 e. The van der Waals surface area contributed by atoms with Gasteiger partial charge in [0.05, 0.1) is 13.5 Å². The van der Waals surface area contributed by atoms with Gasteiger partial charge in [0.2, 0.25) is 5.91 Å². The molecule has 1 amide bonds. The molecule has 0 spiro atoms. The van der Waals surface area contributed by atoms with Crippen molar-refractivity contribution >= 4 is 24.5 Å². The molecular weight excluding hydrogens is 178 g/mol. The minimum atomic E-state index is -0.365. The first kappa shape index (κ1) is 11.3. The molecule has 0 saturated heterocycles. The van der Waals surface area contributed by atoms with E-state index in [-0.39, 0.29) is 24.7 Å². The SMILES string of the molecule is COC(=O)CCC(=O)NCCS. The Morgan fingerprint density at radius 2 is 2.08 bits per heavy atom. The summed E-state index contributed by atoms with van der Waals surface area (Å²) >= 11 is 3.92. The topological polar surface area (TPSA) is 55.4 Å². The van der Waals surface area contributed by atoms with Crippen LogP contribution in [0.15, 0.2) is 0 Å². The fourth-order valence-electron chi connectivity index (χ4n) is 0.601. The van der Waals surface area contributed by atoms with Crippen molar-refractivity contribution in [2.75, 3.05) is 19.4 Å². The number of rotatable bonds is 5. The van der Waals surface area contributed by atoms with Gasteiger partial charge in [0.15, 0.2) is 0 Å². The standard InChI is InChI=1S/C7H13NO3S/c1-11-7(10)3-2-6(9)8-4-5-12/h12H,2-5H2,1H3,(H,8,9). The third kappa shape index (κ3) is 6.03. The van der Waals surface area contributed by atoms with Crippen LogP contribution in [0.1, 0.15) is 12.8 Å². The second kappa shape index (κ2) is 6.97. The molecule has 4 nitrogen and oxygen atoms in total. The van der Waals surface area contributed by atoms with Crippen LogP contribution in [0, 0.1) is 0 Å². The second-order valence-electron chi connectivity index (χ2n) is 2.15. The maximum atomic E-state index is 10.9. The van der Waals surface area contributed by atoms with Crippen molar-refractivity contribution in [3.05, 3.63) is 0 Å². The maximum Gasteiger partial charge on any atom is 0.306 e. The van der Waals surface area contributed by atoms with Crippen molar-refractivity contribution in [3.8, 4) is 0 Å². The molecule has 0 saturated carbocycles. The predicted molar refractivity (Wildman–Crippen MR) is 48.1 cm³/mol. The molecular formula is C7H13NO3S. The van der Waals surface area contributed by atoms with Gasteiger partial charge in [0, 0.05) is 18.7 Å². The van der Waals surface area contributed by atoms with E-state index in [1.54, 1.807) is 0 Å². The zero-order chi connectivity index (χ0) is 9.40. The molecule has 0 aromatic rings. The average Bonchev–Trinajstić information content (AvgIpc) is 2.10. The van der Waals surface area contributed by atoms with Crippen molar-refractivity contribution in [1.82, 2.24) is 5.32 Å². The molecule has 0 rings (SSSR count). The lowest BCUT2D eigenvalue weighted by atomic mass is 10.3. The van der Waals surface area contributed by atoms with E-state index < -0.39 is 0 Å². The first-order chi connectivity index (χ1) is 5.70. The summed E-state index contributed by atoms with van der Waals surface area (Å²) < 4.78 is 4.37. The van der Waals surface area contributed by atoms with E-state index >= 15 is 0 Å². The first-order valence-electron chi connectivity index (χ1n) is 3.65. The highest BCUT2D eigenvalue weighted by atomic mass is 32.1. The number of carbonyl (C=O) groups is 2. The minimum absolute atomic E-state index is 0.134. The van der Waals surface area contributed by atoms with Crippen LogP contribution >= 0.6 is 12.6 Å². The molecule has 12 heavy (non-hydrogen) atoms. The number of methoxy groups -OCH3 is 1. The summed E-state index contributed by atoms with van der Waals surface area (Å²) in [6.07, 6.45) is 0.315. The second-order valence-corrected chi connectivity index (χ2v) is 2.60. The number of hydrogen-bond acceptors (Lipinski definition) is 4. The number of amides is 1. The summed E-state index contributed by atoms with van der Waals surface area (Å²) in [4.78, 5) is 21.4. The van der Waals surface area contributed by atoms with Crippen molar-refractivity contribution < 1.29 is 14.3 Å². The van der Waals surface area contributed by atoms with Crippen molar-refractivity contribution in [1.29, 1.82) is 0 Å². The van der Waals surface area contributed by atoms with Crippen molar-refractivity contribution in [2.45, 2.75) is 12.8 Å². The van der Waals surface area contributed by atoms with Crippen LogP contribution in [0.5, 0.6) is 0 Å². The third-order valence-electron chi connectivity index (χ3n) is 1.22. The zero-order valence-corrected chi connectivity index (χ0v) is 7.89. The zero-order valence-electron chi connectivity index (χ0n) is 7.00. The van der Waals surface area contributed by atoms with E-state index in [4.69, 9.17) is 0 Å². The molecule has 0 aliphatic heterocycles. The van der Waals surface area contributed by atoms with Crippen LogP contribution in [0.2, 0.25) is 0 Å². The Bertz CT molecular complexity index is 161. The summed E-state index contributed by atoms with van der Waals surface area (Å²) in [6, 6.07) is 0. The molecule has 0 aromatic carbocycles. The number of nitrogens with one attached hydrogen (secondary N) is 1. The molecule has 5 heteroatoms. The number of hydrogen-bond donors (Lipinski definition) is 2. The monoisotopic (exact) mass is 191 g/mol. The molecule has 0 atom stereocenters. The Labute approximate surface area is 77.1 Å². The highest BCUT2D eigenvalue weighted by Crippen LogP contribution is 1.90. The van der Waals surface area contributed by atoms with Crippen LogP contribution < -0.4 is 5.32 Å². The van der Waals surface area contributed by atoms with Gasteiger partial charge in [-0.2, -0.15) is 12.6 Å². The van der Waals surface area contributed by atoms with Gasteiger partial charge in [-0.25, -0.2) is 0 Å². The Morgan fingerprint density at radius 1 is 1.42 bits per heavy atom. The summed E-state index contributed by atoms with van der Waals surface area (Å²) in [5, 5.41) is 2.59. The Morgan fingerprint density at radius 3 is 2.58 bits per heavy atom. The highest BCUT2D eigenvalue weighted by molar-refractivity contribution is 7.80. The quantitative estimate of drug-likeness (QED) is 0.474. The van der Waals surface area contributed by atoms with Gasteiger partial charge in [-0.3, -0.25) is 9.59 Å². The number of ether oxygens (including phenoxy) is 1. The van der Waals surface area contributed by atoms with E-state index in [2.05, 4.69) is 22.7 Å². The number of carbonyl (C=O) groups excluding carboxylic acids is 2. The lowest BCUT2D eigenvalue weighted by Gasteiger charge is -2.01. The number of thiol groups is 1. The summed E-state index contributed by atoms with van der Waals surface area (Å²) in [6.45, 7) is 0.531. The van der Waals surface area contributed by atoms with Crippen LogP contribution in [-0.2, 0) is 14.3 Å². The predicted octanol–water partition coefficient (Wildman–Crippen LogP) is -0.0144. The Balaban J connectivity index is 3.37. The molecule has 0 aliphatic carbocycles. The van der Waals surface area contributed by atoms with Crippen molar-refractivity contribution in [2.24, 2.45) is 0 Å². The van der Waals surface area contributed by atoms with Crippen LogP contribution in [0.3, 0.4) is 0 Å². The largest absolute Gasteiger partial charge is 0.469 e. The molecule has 0 bridgehead atoms. The minimum Gasteiger partial charge on any atom is -0.469 e. The molecule has 0 fully saturated rings. The third-order valence-corrected chi connectivity index (χ3v) is 1.44. The first-order valence-corrected chi connectivity index (χ1v) is 4.28. The molecule has 1 N–H and O–H groups in total. The maximum absolute atomic E-state index is 10.9. The van der Waals surface area contributed by atoms with Gasteiger partial charge >= 0.3 is 5.97 Å². The highest BCUT2D eigenvalue weighted by Gasteiger charge is 2.04. The van der Waals surface area contributed by atoms with E-state index in [9.17, 15) is 9.59 Å². The summed E-state index contributed by atoms with van der Waals surface area (Å²) in [5.74, 6) is 0.0923. The van der Waals surface area contributed by atoms with Gasteiger partial charge in [-0.1, -0.05) is 0 Å². The van der Waals surface area contributed by atoms with Gasteiger partial charge in [0.1, 0.15) is 0 Å². The fourth-order valence-corrected chi connectivity index (χ4v) is 0.713. The summed E-state index contributed by atoms with van der Waals surface area (Å²) in [7, 11) is 1.30. The summed E-state index contributed by atoms with van der Waals surface area (Å²) in [5.41, 5.74) is 0. The fraction of sp³-hybridized carbons (Fsp3) is 0.714. The molecule has 70 valence electrons. The van der Waals surface area contributed by atoms with Gasteiger partial charge < -0.3 is 10.1 Å².